The Morgan fingerprint density at radius 3 is 2.33 bits per heavy atom. The van der Waals surface area contributed by atoms with E-state index in [2.05, 4.69) is 15.3 Å². The molecule has 0 unspecified atom stereocenters. The lowest BCUT2D eigenvalue weighted by Crippen LogP contribution is -2.44. The lowest BCUT2D eigenvalue weighted by atomic mass is 9.97. The van der Waals surface area contributed by atoms with Crippen molar-refractivity contribution in [3.63, 3.8) is 0 Å². The highest BCUT2D eigenvalue weighted by atomic mass is 32.2. The van der Waals surface area contributed by atoms with E-state index in [-0.39, 0.29) is 55.1 Å². The van der Waals surface area contributed by atoms with Crippen molar-refractivity contribution in [3.8, 4) is 0 Å². The van der Waals surface area contributed by atoms with E-state index in [0.29, 0.717) is 5.56 Å². The van der Waals surface area contributed by atoms with Gasteiger partial charge in [-0.2, -0.15) is 17.6 Å². The van der Waals surface area contributed by atoms with E-state index >= 15 is 4.39 Å². The minimum atomic E-state index is -4.43. The number of nitrogens with zero attached hydrogens (tertiary/aromatic N) is 3. The summed E-state index contributed by atoms with van der Waals surface area (Å²) in [6.45, 7) is 0.107. The summed E-state index contributed by atoms with van der Waals surface area (Å²) in [5.74, 6) is -1.10. The fourth-order valence-electron chi connectivity index (χ4n) is 3.79. The molecule has 2 aliphatic rings. The summed E-state index contributed by atoms with van der Waals surface area (Å²) in [7, 11) is -3.16. The van der Waals surface area contributed by atoms with Gasteiger partial charge in [0, 0.05) is 19.1 Å². The van der Waals surface area contributed by atoms with Gasteiger partial charge >= 0.3 is 6.18 Å². The van der Waals surface area contributed by atoms with Gasteiger partial charge < -0.3 is 15.3 Å². The zero-order chi connectivity index (χ0) is 23.9. The zero-order valence-corrected chi connectivity index (χ0v) is 18.5. The van der Waals surface area contributed by atoms with Crippen LogP contribution in [0.3, 0.4) is 0 Å². The quantitative estimate of drug-likeness (QED) is 0.578. The van der Waals surface area contributed by atoms with Gasteiger partial charge in [0.15, 0.2) is 21.5 Å². The molecule has 33 heavy (non-hydrogen) atoms. The highest BCUT2D eigenvalue weighted by Crippen LogP contribution is 2.35. The summed E-state index contributed by atoms with van der Waals surface area (Å²) in [6, 6.07) is 4.73. The number of nitrogens with one attached hydrogen (secondary N) is 1. The fourth-order valence-corrected chi connectivity index (χ4v) is 5.37. The Bertz CT molecular complexity index is 1090. The number of hydrogen-bond acceptors (Lipinski definition) is 7. The van der Waals surface area contributed by atoms with E-state index in [0.717, 1.165) is 25.0 Å². The van der Waals surface area contributed by atoms with Gasteiger partial charge in [-0.1, -0.05) is 12.1 Å². The molecule has 2 N–H and O–H groups in total. The lowest BCUT2D eigenvalue weighted by molar-refractivity contribution is -0.137. The van der Waals surface area contributed by atoms with Crippen LogP contribution in [0.2, 0.25) is 0 Å². The number of aromatic nitrogens is 2. The lowest BCUT2D eigenvalue weighted by Gasteiger charge is -2.32. The standard InChI is InChI=1S/C21H24F4N4O3S/c22-17-18(26-12-20(30)7-9-33(31,32)10-8-20)27-13-28-19(17)29(16-5-6-16)11-14-1-3-15(4-2-14)21(23,24)25/h1-4,13,16,30H,5-12H2,(H,26,27,28). The smallest absolute Gasteiger partial charge is 0.388 e. The first-order valence-electron chi connectivity index (χ1n) is 10.6. The van der Waals surface area contributed by atoms with Gasteiger partial charge in [-0.3, -0.25) is 0 Å². The van der Waals surface area contributed by atoms with Gasteiger partial charge in [-0.25, -0.2) is 18.4 Å². The van der Waals surface area contributed by atoms with Crippen LogP contribution < -0.4 is 10.2 Å². The molecule has 4 rings (SSSR count). The third-order valence-corrected chi connectivity index (χ3v) is 7.66. The average Bonchev–Trinajstić information content (AvgIpc) is 3.59. The minimum absolute atomic E-state index is 0.0114. The number of anilines is 2. The van der Waals surface area contributed by atoms with E-state index in [4.69, 9.17) is 0 Å². The molecule has 0 spiro atoms. The van der Waals surface area contributed by atoms with Crippen LogP contribution >= 0.6 is 0 Å². The summed E-state index contributed by atoms with van der Waals surface area (Å²) >= 11 is 0. The van der Waals surface area contributed by atoms with E-state index in [1.165, 1.54) is 18.5 Å². The first-order valence-corrected chi connectivity index (χ1v) is 12.4. The first kappa shape index (κ1) is 23.7. The summed E-state index contributed by atoms with van der Waals surface area (Å²) in [5, 5.41) is 13.4. The number of halogens is 4. The molecule has 1 aromatic heterocycles. The number of benzene rings is 1. The minimum Gasteiger partial charge on any atom is -0.388 e. The Hall–Kier alpha value is -2.47. The highest BCUT2D eigenvalue weighted by Gasteiger charge is 2.37. The van der Waals surface area contributed by atoms with Gasteiger partial charge in [-0.05, 0) is 43.4 Å². The molecule has 0 radical (unpaired) electrons. The van der Waals surface area contributed by atoms with Gasteiger partial charge in [0.25, 0.3) is 0 Å². The summed E-state index contributed by atoms with van der Waals surface area (Å²) in [5.41, 5.74) is -1.46. The predicted octanol–water partition coefficient (Wildman–Crippen LogP) is 3.16. The van der Waals surface area contributed by atoms with Crippen molar-refractivity contribution in [3.05, 3.63) is 47.5 Å². The van der Waals surface area contributed by atoms with Crippen LogP contribution in [0.25, 0.3) is 0 Å². The van der Waals surface area contributed by atoms with Crippen LogP contribution in [-0.4, -0.2) is 53.2 Å². The van der Waals surface area contributed by atoms with Crippen LogP contribution in [0.4, 0.5) is 29.2 Å². The molecule has 12 heteroatoms. The predicted molar refractivity (Wildman–Crippen MR) is 114 cm³/mol. The molecular weight excluding hydrogens is 464 g/mol. The zero-order valence-electron chi connectivity index (χ0n) is 17.6. The second-order valence-corrected chi connectivity index (χ2v) is 10.9. The number of rotatable bonds is 7. The van der Waals surface area contributed by atoms with Crippen LogP contribution in [0, 0.1) is 5.82 Å². The number of aliphatic hydroxyl groups is 1. The third-order valence-electron chi connectivity index (χ3n) is 6.01. The van der Waals surface area contributed by atoms with Gasteiger partial charge in [-0.15, -0.1) is 0 Å². The van der Waals surface area contributed by atoms with Crippen molar-refractivity contribution in [2.75, 3.05) is 28.3 Å². The van der Waals surface area contributed by atoms with Crippen molar-refractivity contribution in [2.45, 2.75) is 50.0 Å². The van der Waals surface area contributed by atoms with E-state index < -0.39 is 33.0 Å². The molecule has 1 aliphatic heterocycles. The molecule has 2 fully saturated rings. The van der Waals surface area contributed by atoms with Crippen molar-refractivity contribution in [2.24, 2.45) is 0 Å². The number of hydrogen-bond donors (Lipinski definition) is 2. The monoisotopic (exact) mass is 488 g/mol. The molecule has 2 heterocycles. The molecule has 2 aromatic rings. The second-order valence-electron chi connectivity index (χ2n) is 8.64. The van der Waals surface area contributed by atoms with E-state index in [9.17, 15) is 26.7 Å². The summed E-state index contributed by atoms with van der Waals surface area (Å²) in [4.78, 5) is 9.68. The van der Waals surface area contributed by atoms with Gasteiger partial charge in [0.2, 0.25) is 5.82 Å². The average molecular weight is 489 g/mol. The fraction of sp³-hybridized carbons (Fsp3) is 0.524. The topological polar surface area (TPSA) is 95.4 Å². The van der Waals surface area contributed by atoms with Crippen molar-refractivity contribution in [1.82, 2.24) is 9.97 Å². The van der Waals surface area contributed by atoms with Gasteiger partial charge in [0.05, 0.1) is 22.7 Å². The van der Waals surface area contributed by atoms with Crippen LogP contribution in [0.15, 0.2) is 30.6 Å². The van der Waals surface area contributed by atoms with Crippen LogP contribution in [-0.2, 0) is 22.6 Å². The maximum absolute atomic E-state index is 15.3. The Labute approximate surface area is 188 Å². The van der Waals surface area contributed by atoms with E-state index in [1.54, 1.807) is 4.90 Å². The van der Waals surface area contributed by atoms with Crippen LogP contribution in [0.5, 0.6) is 0 Å². The molecule has 1 saturated heterocycles. The molecule has 0 amide bonds. The Morgan fingerprint density at radius 1 is 1.12 bits per heavy atom. The molecule has 180 valence electrons. The van der Waals surface area contributed by atoms with Gasteiger partial charge in [0.1, 0.15) is 6.33 Å². The first-order chi connectivity index (χ1) is 15.5. The van der Waals surface area contributed by atoms with Crippen molar-refractivity contribution < 1.29 is 31.1 Å². The Kier molecular flexibility index (Phi) is 6.25. The largest absolute Gasteiger partial charge is 0.416 e. The molecular formula is C21H24F4N4O3S. The van der Waals surface area contributed by atoms with E-state index in [1.807, 2.05) is 0 Å². The van der Waals surface area contributed by atoms with Crippen molar-refractivity contribution in [1.29, 1.82) is 0 Å². The molecule has 7 nitrogen and oxygen atoms in total. The maximum Gasteiger partial charge on any atom is 0.416 e. The maximum atomic E-state index is 15.3. The molecule has 1 aliphatic carbocycles. The number of sulfone groups is 1. The summed E-state index contributed by atoms with van der Waals surface area (Å²) in [6.07, 6.45) is -1.55. The molecule has 0 bridgehead atoms. The Balaban J connectivity index is 1.49. The van der Waals surface area contributed by atoms with Crippen molar-refractivity contribution >= 4 is 21.5 Å². The molecule has 0 atom stereocenters. The SMILES string of the molecule is O=S1(=O)CCC(O)(CNc2ncnc(N(Cc3ccc(C(F)(F)F)cc3)C3CC3)c2F)CC1. The molecule has 1 aromatic carbocycles. The molecule has 1 saturated carbocycles. The highest BCUT2D eigenvalue weighted by molar-refractivity contribution is 7.91. The second kappa shape index (κ2) is 8.71. The summed E-state index contributed by atoms with van der Waals surface area (Å²) < 4.78 is 77.0. The number of alkyl halides is 3. The third kappa shape index (κ3) is 5.72. The normalized spacial score (nSPS) is 19.8. The van der Waals surface area contributed by atoms with Crippen LogP contribution in [0.1, 0.15) is 36.8 Å². The Morgan fingerprint density at radius 2 is 1.76 bits per heavy atom.